The maximum Gasteiger partial charge on any atom is 0.261 e. The highest BCUT2D eigenvalue weighted by Crippen LogP contribution is 2.32. The van der Waals surface area contributed by atoms with E-state index in [1.165, 1.54) is 6.07 Å². The Morgan fingerprint density at radius 1 is 1.29 bits per heavy atom. The van der Waals surface area contributed by atoms with Gasteiger partial charge in [0.25, 0.3) is 5.91 Å². The predicted molar refractivity (Wildman–Crippen MR) is 90.5 cm³/mol. The Hall–Kier alpha value is -2.27. The monoisotopic (exact) mass is 344 g/mol. The SMILES string of the molecule is O=C(N[C@@H]1CCCc2[nH]c(=O)ccc21)[C@@H]1Cc2cc(Cl)ccc2O1. The Kier molecular flexibility index (Phi) is 3.81. The summed E-state index contributed by atoms with van der Waals surface area (Å²) in [5, 5.41) is 3.71. The van der Waals surface area contributed by atoms with Crippen LogP contribution in [0.4, 0.5) is 0 Å². The van der Waals surface area contributed by atoms with Crippen molar-refractivity contribution in [2.24, 2.45) is 0 Å². The molecule has 0 radical (unpaired) electrons. The maximum atomic E-state index is 12.6. The van der Waals surface area contributed by atoms with Gasteiger partial charge in [0.05, 0.1) is 6.04 Å². The average Bonchev–Trinajstić information content (AvgIpc) is 2.98. The van der Waals surface area contributed by atoms with Gasteiger partial charge < -0.3 is 15.0 Å². The topological polar surface area (TPSA) is 71.2 Å². The molecule has 1 amide bonds. The second-order valence-corrected chi connectivity index (χ2v) is 6.71. The Balaban J connectivity index is 1.49. The molecule has 1 aromatic heterocycles. The van der Waals surface area contributed by atoms with Crippen LogP contribution in [-0.2, 0) is 17.6 Å². The second-order valence-electron chi connectivity index (χ2n) is 6.27. The molecule has 4 rings (SSSR count). The van der Waals surface area contributed by atoms with Crippen LogP contribution < -0.4 is 15.6 Å². The molecule has 1 aliphatic carbocycles. The normalized spacial score (nSPS) is 21.5. The fraction of sp³-hybridized carbons (Fsp3) is 0.333. The first-order valence-electron chi connectivity index (χ1n) is 8.08. The van der Waals surface area contributed by atoms with E-state index in [-0.39, 0.29) is 17.5 Å². The first-order valence-corrected chi connectivity index (χ1v) is 8.45. The van der Waals surface area contributed by atoms with Crippen LogP contribution in [0.2, 0.25) is 5.02 Å². The molecule has 2 aliphatic rings. The van der Waals surface area contributed by atoms with Crippen molar-refractivity contribution in [3.05, 3.63) is 62.5 Å². The Morgan fingerprint density at radius 3 is 3.04 bits per heavy atom. The number of benzene rings is 1. The quantitative estimate of drug-likeness (QED) is 0.879. The van der Waals surface area contributed by atoms with Crippen LogP contribution in [0.15, 0.2) is 35.1 Å². The molecule has 0 spiro atoms. The van der Waals surface area contributed by atoms with Crippen molar-refractivity contribution >= 4 is 17.5 Å². The van der Waals surface area contributed by atoms with Gasteiger partial charge in [-0.25, -0.2) is 0 Å². The van der Waals surface area contributed by atoms with Crippen molar-refractivity contribution in [1.82, 2.24) is 10.3 Å². The zero-order valence-electron chi connectivity index (χ0n) is 13.0. The standard InChI is InChI=1S/C18H17ClN2O3/c19-11-4-6-15-10(8-11)9-16(24-15)18(23)21-14-3-1-2-13-12(14)5-7-17(22)20-13/h4-8,14,16H,1-3,9H2,(H,20,22)(H,21,23)/t14-,16+/m1/s1. The number of rotatable bonds is 2. The first kappa shape index (κ1) is 15.3. The number of aromatic nitrogens is 1. The number of H-pyrrole nitrogens is 1. The molecule has 124 valence electrons. The number of hydrogen-bond donors (Lipinski definition) is 2. The predicted octanol–water partition coefficient (Wildman–Crippen LogP) is 2.53. The highest BCUT2D eigenvalue weighted by molar-refractivity contribution is 6.30. The number of fused-ring (bicyclic) bond motifs is 2. The minimum atomic E-state index is -0.536. The van der Waals surface area contributed by atoms with E-state index >= 15 is 0 Å². The van der Waals surface area contributed by atoms with E-state index in [9.17, 15) is 9.59 Å². The minimum Gasteiger partial charge on any atom is -0.480 e. The molecular weight excluding hydrogens is 328 g/mol. The fourth-order valence-electron chi connectivity index (χ4n) is 3.48. The molecule has 1 aromatic carbocycles. The maximum absolute atomic E-state index is 12.6. The lowest BCUT2D eigenvalue weighted by Crippen LogP contribution is -2.40. The summed E-state index contributed by atoms with van der Waals surface area (Å²) < 4.78 is 5.74. The third-order valence-electron chi connectivity index (χ3n) is 4.64. The van der Waals surface area contributed by atoms with E-state index in [1.54, 1.807) is 12.1 Å². The van der Waals surface area contributed by atoms with E-state index in [2.05, 4.69) is 10.3 Å². The van der Waals surface area contributed by atoms with E-state index in [1.807, 2.05) is 12.1 Å². The summed E-state index contributed by atoms with van der Waals surface area (Å²) in [6, 6.07) is 8.62. The number of nitrogens with one attached hydrogen (secondary N) is 2. The minimum absolute atomic E-state index is 0.0889. The van der Waals surface area contributed by atoms with Crippen LogP contribution in [0.3, 0.4) is 0 Å². The molecule has 0 saturated carbocycles. The van der Waals surface area contributed by atoms with Gasteiger partial charge in [0.15, 0.2) is 6.10 Å². The number of pyridine rings is 1. The van der Waals surface area contributed by atoms with Crippen molar-refractivity contribution in [2.45, 2.75) is 37.8 Å². The van der Waals surface area contributed by atoms with E-state index in [4.69, 9.17) is 16.3 Å². The van der Waals surface area contributed by atoms with Crippen LogP contribution in [0.5, 0.6) is 5.75 Å². The number of aryl methyl sites for hydroxylation is 1. The number of halogens is 1. The van der Waals surface area contributed by atoms with Crippen LogP contribution in [-0.4, -0.2) is 17.0 Å². The lowest BCUT2D eigenvalue weighted by Gasteiger charge is -2.26. The molecule has 24 heavy (non-hydrogen) atoms. The number of ether oxygens (including phenoxy) is 1. The summed E-state index contributed by atoms with van der Waals surface area (Å²) in [7, 11) is 0. The molecule has 0 saturated heterocycles. The van der Waals surface area contributed by atoms with Gasteiger partial charge in [-0.15, -0.1) is 0 Å². The molecule has 2 atom stereocenters. The van der Waals surface area contributed by atoms with Gasteiger partial charge in [-0.1, -0.05) is 11.6 Å². The zero-order chi connectivity index (χ0) is 16.7. The lowest BCUT2D eigenvalue weighted by molar-refractivity contribution is -0.128. The third-order valence-corrected chi connectivity index (χ3v) is 4.87. The molecule has 2 N–H and O–H groups in total. The van der Waals surface area contributed by atoms with Crippen molar-refractivity contribution < 1.29 is 9.53 Å². The van der Waals surface area contributed by atoms with Gasteiger partial charge in [-0.05, 0) is 54.7 Å². The van der Waals surface area contributed by atoms with Gasteiger partial charge in [0, 0.05) is 23.2 Å². The van der Waals surface area contributed by atoms with Gasteiger partial charge in [-0.3, -0.25) is 9.59 Å². The molecule has 2 heterocycles. The smallest absolute Gasteiger partial charge is 0.261 e. The third kappa shape index (κ3) is 2.80. The Labute approximate surface area is 144 Å². The average molecular weight is 345 g/mol. The summed E-state index contributed by atoms with van der Waals surface area (Å²) in [5.74, 6) is 0.583. The summed E-state index contributed by atoms with van der Waals surface area (Å²) >= 11 is 5.99. The van der Waals surface area contributed by atoms with E-state index < -0.39 is 6.10 Å². The molecule has 0 bridgehead atoms. The van der Waals surface area contributed by atoms with Gasteiger partial charge >= 0.3 is 0 Å². The molecule has 1 aliphatic heterocycles. The van der Waals surface area contributed by atoms with E-state index in [0.717, 1.165) is 36.1 Å². The summed E-state index contributed by atoms with van der Waals surface area (Å²) in [6.45, 7) is 0. The van der Waals surface area contributed by atoms with Gasteiger partial charge in [0.1, 0.15) is 5.75 Å². The molecule has 2 aromatic rings. The van der Waals surface area contributed by atoms with Crippen LogP contribution in [0.1, 0.15) is 35.7 Å². The number of hydrogen-bond acceptors (Lipinski definition) is 3. The fourth-order valence-corrected chi connectivity index (χ4v) is 3.67. The number of carbonyl (C=O) groups is 1. The van der Waals surface area contributed by atoms with Crippen LogP contribution >= 0.6 is 11.6 Å². The Morgan fingerprint density at radius 2 is 2.17 bits per heavy atom. The summed E-state index contributed by atoms with van der Waals surface area (Å²) in [6.07, 6.45) is 2.61. The molecular formula is C18H17ClN2O3. The first-order chi connectivity index (χ1) is 11.6. The lowest BCUT2D eigenvalue weighted by atomic mass is 9.91. The molecule has 6 heteroatoms. The van der Waals surface area contributed by atoms with Crippen molar-refractivity contribution in [3.8, 4) is 5.75 Å². The Bertz CT molecular complexity index is 862. The van der Waals surface area contributed by atoms with Crippen molar-refractivity contribution in [1.29, 1.82) is 0 Å². The van der Waals surface area contributed by atoms with Gasteiger partial charge in [-0.2, -0.15) is 0 Å². The largest absolute Gasteiger partial charge is 0.480 e. The second kappa shape index (κ2) is 5.98. The summed E-state index contributed by atoms with van der Waals surface area (Å²) in [5.41, 5.74) is 2.76. The van der Waals surface area contributed by atoms with Gasteiger partial charge in [0.2, 0.25) is 5.56 Å². The highest BCUT2D eigenvalue weighted by atomic mass is 35.5. The number of amides is 1. The van der Waals surface area contributed by atoms with E-state index in [0.29, 0.717) is 17.2 Å². The molecule has 0 fully saturated rings. The number of carbonyl (C=O) groups excluding carboxylic acids is 1. The van der Waals surface area contributed by atoms with Crippen molar-refractivity contribution in [2.75, 3.05) is 0 Å². The summed E-state index contributed by atoms with van der Waals surface area (Å²) in [4.78, 5) is 26.9. The van der Waals surface area contributed by atoms with Crippen molar-refractivity contribution in [3.63, 3.8) is 0 Å². The van der Waals surface area contributed by atoms with Crippen LogP contribution in [0.25, 0.3) is 0 Å². The zero-order valence-corrected chi connectivity index (χ0v) is 13.7. The molecule has 0 unspecified atom stereocenters. The van der Waals surface area contributed by atoms with Crippen LogP contribution in [0, 0.1) is 0 Å². The number of aromatic amines is 1. The highest BCUT2D eigenvalue weighted by Gasteiger charge is 2.32. The molecule has 5 nitrogen and oxygen atoms in total.